The third-order valence-corrected chi connectivity index (χ3v) is 5.09. The van der Waals surface area contributed by atoms with Crippen LogP contribution in [0.15, 0.2) is 29.3 Å². The number of hydrogen-bond donors (Lipinski definition) is 2. The van der Waals surface area contributed by atoms with Crippen LogP contribution in [0, 0.1) is 5.41 Å². The summed E-state index contributed by atoms with van der Waals surface area (Å²) in [5.41, 5.74) is 1.14. The Balaban J connectivity index is 0.00000208. The van der Waals surface area contributed by atoms with Gasteiger partial charge in [0.15, 0.2) is 5.96 Å². The zero-order valence-corrected chi connectivity index (χ0v) is 17.0. The summed E-state index contributed by atoms with van der Waals surface area (Å²) < 4.78 is 5.57. The normalized spacial score (nSPS) is 25.0. The number of benzene rings is 1. The van der Waals surface area contributed by atoms with Crippen LogP contribution in [0.5, 0.6) is 0 Å². The molecule has 134 valence electrons. The Morgan fingerprint density at radius 1 is 1.42 bits per heavy atom. The molecule has 0 bridgehead atoms. The summed E-state index contributed by atoms with van der Waals surface area (Å²) in [6.45, 7) is 4.11. The molecule has 2 atom stereocenters. The average molecular weight is 466 g/mol. The fraction of sp³-hybridized carbons (Fsp3) is 0.588. The molecule has 1 aromatic rings. The third-order valence-electron chi connectivity index (χ3n) is 4.84. The van der Waals surface area contributed by atoms with Gasteiger partial charge in [0.05, 0.1) is 12.7 Å². The van der Waals surface area contributed by atoms with Crippen molar-refractivity contribution in [3.8, 4) is 0 Å². The number of aliphatic hydroxyl groups excluding tert-OH is 1. The van der Waals surface area contributed by atoms with Gasteiger partial charge < -0.3 is 20.1 Å². The molecule has 3 rings (SSSR count). The van der Waals surface area contributed by atoms with Crippen molar-refractivity contribution in [2.24, 2.45) is 10.4 Å². The molecule has 2 aliphatic rings. The van der Waals surface area contributed by atoms with Crippen LogP contribution in [-0.2, 0) is 4.74 Å². The molecule has 24 heavy (non-hydrogen) atoms. The average Bonchev–Trinajstić information content (AvgIpc) is 3.19. The summed E-state index contributed by atoms with van der Waals surface area (Å²) in [6.07, 6.45) is 1.69. The Bertz CT molecular complexity index is 561. The Kier molecular flexibility index (Phi) is 7.15. The van der Waals surface area contributed by atoms with Gasteiger partial charge in [0, 0.05) is 43.7 Å². The van der Waals surface area contributed by atoms with E-state index < -0.39 is 6.10 Å². The van der Waals surface area contributed by atoms with Crippen molar-refractivity contribution in [3.05, 3.63) is 34.9 Å². The number of ether oxygens (including phenoxy) is 1. The van der Waals surface area contributed by atoms with Gasteiger partial charge in [-0.15, -0.1) is 24.0 Å². The first-order chi connectivity index (χ1) is 11.1. The molecule has 0 amide bonds. The van der Waals surface area contributed by atoms with Crippen LogP contribution in [0.4, 0.5) is 0 Å². The van der Waals surface area contributed by atoms with E-state index in [1.165, 1.54) is 0 Å². The molecule has 0 aromatic heterocycles. The van der Waals surface area contributed by atoms with Crippen molar-refractivity contribution in [1.82, 2.24) is 10.2 Å². The fourth-order valence-electron chi connectivity index (χ4n) is 3.41. The van der Waals surface area contributed by atoms with E-state index in [0.717, 1.165) is 50.7 Å². The zero-order valence-electron chi connectivity index (χ0n) is 13.9. The topological polar surface area (TPSA) is 57.1 Å². The van der Waals surface area contributed by atoms with Gasteiger partial charge in [-0.05, 0) is 30.5 Å². The molecule has 2 heterocycles. The van der Waals surface area contributed by atoms with Gasteiger partial charge in [-0.25, -0.2) is 0 Å². The zero-order chi connectivity index (χ0) is 16.3. The quantitative estimate of drug-likeness (QED) is 0.409. The van der Waals surface area contributed by atoms with Gasteiger partial charge in [0.25, 0.3) is 0 Å². The van der Waals surface area contributed by atoms with Crippen molar-refractivity contribution in [1.29, 1.82) is 0 Å². The highest BCUT2D eigenvalue weighted by Crippen LogP contribution is 2.38. The molecular weight excluding hydrogens is 441 g/mol. The number of aliphatic hydroxyl groups is 1. The van der Waals surface area contributed by atoms with E-state index in [9.17, 15) is 5.11 Å². The van der Waals surface area contributed by atoms with Crippen LogP contribution in [-0.4, -0.2) is 55.9 Å². The molecule has 0 saturated carbocycles. The molecule has 0 radical (unpaired) electrons. The lowest BCUT2D eigenvalue weighted by atomic mass is 9.87. The van der Waals surface area contributed by atoms with E-state index in [1.54, 1.807) is 19.2 Å². The SMILES string of the molecule is CN=C(NCC(O)c1ccc(Cl)cc1)N1CCC2(CCOC2)C1.I. The summed E-state index contributed by atoms with van der Waals surface area (Å²) in [6, 6.07) is 7.27. The van der Waals surface area contributed by atoms with Gasteiger partial charge >= 0.3 is 0 Å². The summed E-state index contributed by atoms with van der Waals surface area (Å²) in [5.74, 6) is 0.849. The van der Waals surface area contributed by atoms with Gasteiger partial charge in [0.2, 0.25) is 0 Å². The highest BCUT2D eigenvalue weighted by atomic mass is 127. The summed E-state index contributed by atoms with van der Waals surface area (Å²) in [4.78, 5) is 6.63. The molecule has 2 fully saturated rings. The number of rotatable bonds is 3. The molecular formula is C17H25ClIN3O2. The van der Waals surface area contributed by atoms with Crippen LogP contribution >= 0.6 is 35.6 Å². The Hall–Kier alpha value is -0.570. The minimum Gasteiger partial charge on any atom is -0.387 e. The van der Waals surface area contributed by atoms with Crippen molar-refractivity contribution in [2.45, 2.75) is 18.9 Å². The maximum Gasteiger partial charge on any atom is 0.193 e. The molecule has 2 unspecified atom stereocenters. The molecule has 2 aliphatic heterocycles. The number of aliphatic imine (C=N–C) groups is 1. The summed E-state index contributed by atoms with van der Waals surface area (Å²) >= 11 is 5.88. The predicted octanol–water partition coefficient (Wildman–Crippen LogP) is 2.68. The molecule has 5 nitrogen and oxygen atoms in total. The maximum atomic E-state index is 10.3. The highest BCUT2D eigenvalue weighted by Gasteiger charge is 2.42. The predicted molar refractivity (Wildman–Crippen MR) is 107 cm³/mol. The lowest BCUT2D eigenvalue weighted by molar-refractivity contribution is 0.156. The van der Waals surface area contributed by atoms with E-state index in [-0.39, 0.29) is 24.0 Å². The van der Waals surface area contributed by atoms with E-state index in [0.29, 0.717) is 17.0 Å². The molecule has 1 aromatic carbocycles. The second-order valence-electron chi connectivity index (χ2n) is 6.47. The second-order valence-corrected chi connectivity index (χ2v) is 6.91. The summed E-state index contributed by atoms with van der Waals surface area (Å²) in [5, 5.41) is 14.3. The highest BCUT2D eigenvalue weighted by molar-refractivity contribution is 14.0. The van der Waals surface area contributed by atoms with Crippen LogP contribution in [0.1, 0.15) is 24.5 Å². The van der Waals surface area contributed by atoms with Crippen LogP contribution < -0.4 is 5.32 Å². The number of halogens is 2. The van der Waals surface area contributed by atoms with Crippen molar-refractivity contribution >= 4 is 41.5 Å². The summed E-state index contributed by atoms with van der Waals surface area (Å²) in [7, 11) is 1.78. The lowest BCUT2D eigenvalue weighted by Gasteiger charge is -2.25. The molecule has 7 heteroatoms. The van der Waals surface area contributed by atoms with E-state index in [4.69, 9.17) is 16.3 Å². The Labute approximate surface area is 165 Å². The largest absolute Gasteiger partial charge is 0.387 e. The van der Waals surface area contributed by atoms with Gasteiger partial charge in [-0.2, -0.15) is 0 Å². The minimum atomic E-state index is -0.588. The molecule has 1 spiro atoms. The van der Waals surface area contributed by atoms with Crippen LogP contribution in [0.3, 0.4) is 0 Å². The lowest BCUT2D eigenvalue weighted by Crippen LogP contribution is -2.42. The van der Waals surface area contributed by atoms with Crippen molar-refractivity contribution in [3.63, 3.8) is 0 Å². The third kappa shape index (κ3) is 4.53. The smallest absolute Gasteiger partial charge is 0.193 e. The van der Waals surface area contributed by atoms with Crippen LogP contribution in [0.2, 0.25) is 5.02 Å². The Morgan fingerprint density at radius 2 is 2.17 bits per heavy atom. The van der Waals surface area contributed by atoms with Gasteiger partial charge in [0.1, 0.15) is 0 Å². The molecule has 2 saturated heterocycles. The number of likely N-dealkylation sites (tertiary alicyclic amines) is 1. The second kappa shape index (κ2) is 8.69. The maximum absolute atomic E-state index is 10.3. The Morgan fingerprint density at radius 3 is 2.79 bits per heavy atom. The van der Waals surface area contributed by atoms with Crippen molar-refractivity contribution < 1.29 is 9.84 Å². The first-order valence-corrected chi connectivity index (χ1v) is 8.47. The number of nitrogens with one attached hydrogen (secondary N) is 1. The molecule has 0 aliphatic carbocycles. The fourth-order valence-corrected chi connectivity index (χ4v) is 3.54. The van der Waals surface area contributed by atoms with Gasteiger partial charge in [-0.3, -0.25) is 4.99 Å². The first kappa shape index (κ1) is 19.8. The molecule has 2 N–H and O–H groups in total. The van der Waals surface area contributed by atoms with Crippen molar-refractivity contribution in [2.75, 3.05) is 39.9 Å². The van der Waals surface area contributed by atoms with Gasteiger partial charge in [-0.1, -0.05) is 23.7 Å². The van der Waals surface area contributed by atoms with E-state index in [1.807, 2.05) is 12.1 Å². The number of guanidine groups is 1. The number of nitrogens with zero attached hydrogens (tertiary/aromatic N) is 2. The van der Waals surface area contributed by atoms with E-state index in [2.05, 4.69) is 15.2 Å². The minimum absolute atomic E-state index is 0. The number of hydrogen-bond acceptors (Lipinski definition) is 3. The van der Waals surface area contributed by atoms with Crippen LogP contribution in [0.25, 0.3) is 0 Å². The monoisotopic (exact) mass is 465 g/mol. The standard InChI is InChI=1S/C17H24ClN3O2.HI/c1-19-16(21-8-6-17(11-21)7-9-23-12-17)20-10-15(22)13-2-4-14(18)5-3-13;/h2-5,15,22H,6-12H2,1H3,(H,19,20);1H. The first-order valence-electron chi connectivity index (χ1n) is 8.09. The van der Waals surface area contributed by atoms with E-state index >= 15 is 0 Å².